The fourth-order valence-electron chi connectivity index (χ4n) is 2.09. The Morgan fingerprint density at radius 2 is 1.57 bits per heavy atom. The van der Waals surface area contributed by atoms with Gasteiger partial charge in [0.1, 0.15) is 7.05 Å². The maximum absolute atomic E-state index is 4.26. The second-order valence-electron chi connectivity index (χ2n) is 5.22. The number of aromatic nitrogens is 1. The second kappa shape index (κ2) is 7.89. The van der Waals surface area contributed by atoms with Crippen LogP contribution in [0.4, 0.5) is 5.69 Å². The molecule has 1 aromatic carbocycles. The third kappa shape index (κ3) is 4.94. The predicted molar refractivity (Wildman–Crippen MR) is 94.7 cm³/mol. The summed E-state index contributed by atoms with van der Waals surface area (Å²) in [4.78, 5) is 2.26. The highest BCUT2D eigenvalue weighted by Crippen LogP contribution is 2.16. The van der Waals surface area contributed by atoms with Crippen LogP contribution >= 0.6 is 12.6 Å². The van der Waals surface area contributed by atoms with Crippen LogP contribution in [0.25, 0.3) is 12.2 Å². The highest BCUT2D eigenvalue weighted by Gasteiger charge is 1.99. The summed E-state index contributed by atoms with van der Waals surface area (Å²) < 4.78 is 2.03. The Morgan fingerprint density at radius 3 is 2.14 bits per heavy atom. The minimum atomic E-state index is 0.931. The van der Waals surface area contributed by atoms with Gasteiger partial charge in [-0.3, -0.25) is 0 Å². The minimum Gasteiger partial charge on any atom is -0.375 e. The van der Waals surface area contributed by atoms with Crippen molar-refractivity contribution in [3.05, 3.63) is 59.9 Å². The van der Waals surface area contributed by atoms with Crippen LogP contribution in [0.1, 0.15) is 17.5 Å². The molecule has 0 bridgehead atoms. The normalized spacial score (nSPS) is 11.0. The zero-order valence-electron chi connectivity index (χ0n) is 12.7. The van der Waals surface area contributed by atoms with Crippen molar-refractivity contribution in [2.75, 3.05) is 24.2 Å². The van der Waals surface area contributed by atoms with E-state index in [1.807, 2.05) is 11.6 Å². The molecule has 2 aromatic rings. The Labute approximate surface area is 133 Å². The molecule has 0 amide bonds. The summed E-state index contributed by atoms with van der Waals surface area (Å²) in [5.74, 6) is 0.931. The van der Waals surface area contributed by atoms with Crippen LogP contribution in [-0.4, -0.2) is 19.3 Å². The maximum atomic E-state index is 4.26. The average Bonchev–Trinajstić information content (AvgIpc) is 2.52. The zero-order valence-corrected chi connectivity index (χ0v) is 13.6. The topological polar surface area (TPSA) is 7.12 Å². The van der Waals surface area contributed by atoms with Gasteiger partial charge < -0.3 is 4.90 Å². The lowest BCUT2D eigenvalue weighted by Crippen LogP contribution is -2.25. The average molecular weight is 299 g/mol. The molecule has 3 heteroatoms. The molecule has 0 aliphatic heterocycles. The number of pyridine rings is 1. The van der Waals surface area contributed by atoms with E-state index in [0.29, 0.717) is 0 Å². The smallest absolute Gasteiger partial charge is 0.169 e. The number of thiol groups is 1. The summed E-state index contributed by atoms with van der Waals surface area (Å²) in [5.41, 5.74) is 3.68. The second-order valence-corrected chi connectivity index (χ2v) is 5.67. The lowest BCUT2D eigenvalue weighted by Gasteiger charge is -2.18. The number of benzene rings is 1. The summed E-state index contributed by atoms with van der Waals surface area (Å²) in [7, 11) is 4.15. The van der Waals surface area contributed by atoms with E-state index < -0.39 is 0 Å². The summed E-state index contributed by atoms with van der Waals surface area (Å²) >= 11 is 4.26. The van der Waals surface area contributed by atoms with Crippen molar-refractivity contribution in [3.63, 3.8) is 0 Å². The Morgan fingerprint density at radius 1 is 1.00 bits per heavy atom. The van der Waals surface area contributed by atoms with Gasteiger partial charge in [0.2, 0.25) is 0 Å². The van der Waals surface area contributed by atoms with Crippen LogP contribution in [0.15, 0.2) is 48.8 Å². The number of nitrogens with zero attached hydrogens (tertiary/aromatic N) is 2. The van der Waals surface area contributed by atoms with E-state index in [1.165, 1.54) is 16.8 Å². The molecule has 0 N–H and O–H groups in total. The molecule has 0 saturated carbocycles. The number of rotatable bonds is 6. The van der Waals surface area contributed by atoms with Crippen LogP contribution in [-0.2, 0) is 7.05 Å². The molecule has 0 atom stereocenters. The van der Waals surface area contributed by atoms with Crippen molar-refractivity contribution in [2.45, 2.75) is 6.42 Å². The molecule has 0 spiro atoms. The summed E-state index contributed by atoms with van der Waals surface area (Å²) in [6.07, 6.45) is 9.50. The highest BCUT2D eigenvalue weighted by atomic mass is 32.1. The lowest BCUT2D eigenvalue weighted by atomic mass is 10.1. The van der Waals surface area contributed by atoms with E-state index in [2.05, 4.69) is 85.5 Å². The minimum absolute atomic E-state index is 0.931. The number of anilines is 1. The molecule has 21 heavy (non-hydrogen) atoms. The van der Waals surface area contributed by atoms with Crippen molar-refractivity contribution >= 4 is 30.5 Å². The van der Waals surface area contributed by atoms with Crippen LogP contribution in [0.2, 0.25) is 0 Å². The van der Waals surface area contributed by atoms with Crippen molar-refractivity contribution in [1.29, 1.82) is 0 Å². The quantitative estimate of drug-likeness (QED) is 0.634. The SMILES string of the molecule is CN(CCCS)c1ccc(/C=C/c2cc[n+](C)cc2)cc1. The van der Waals surface area contributed by atoms with E-state index in [4.69, 9.17) is 0 Å². The molecule has 2 nitrogen and oxygen atoms in total. The number of hydrogen-bond acceptors (Lipinski definition) is 2. The lowest BCUT2D eigenvalue weighted by molar-refractivity contribution is -0.671. The Balaban J connectivity index is 2.00. The largest absolute Gasteiger partial charge is 0.375 e. The first kappa shape index (κ1) is 15.6. The van der Waals surface area contributed by atoms with Gasteiger partial charge in [0.05, 0.1) is 0 Å². The molecule has 2 rings (SSSR count). The van der Waals surface area contributed by atoms with E-state index in [1.54, 1.807) is 0 Å². The molecule has 0 radical (unpaired) electrons. The van der Waals surface area contributed by atoms with Gasteiger partial charge in [-0.05, 0) is 35.4 Å². The van der Waals surface area contributed by atoms with Gasteiger partial charge >= 0.3 is 0 Å². The van der Waals surface area contributed by atoms with E-state index in [-0.39, 0.29) is 0 Å². The van der Waals surface area contributed by atoms with Gasteiger partial charge in [0.15, 0.2) is 12.4 Å². The Bertz CT molecular complexity index is 573. The fraction of sp³-hybridized carbons (Fsp3) is 0.278. The monoisotopic (exact) mass is 299 g/mol. The first-order chi connectivity index (χ1) is 10.2. The Kier molecular flexibility index (Phi) is 5.88. The van der Waals surface area contributed by atoms with Gasteiger partial charge in [-0.15, -0.1) is 0 Å². The standard InChI is InChI=1S/C18H22N2S/c1-19-13-10-17(11-14-19)5-4-16-6-8-18(9-7-16)20(2)12-3-15-21/h4-11,13-14H,3,12,15H2,1-2H3/p+1. The third-order valence-corrected chi connectivity index (χ3v) is 3.77. The van der Waals surface area contributed by atoms with Crippen molar-refractivity contribution in [1.82, 2.24) is 0 Å². The fourth-order valence-corrected chi connectivity index (χ4v) is 2.23. The first-order valence-corrected chi connectivity index (χ1v) is 7.88. The first-order valence-electron chi connectivity index (χ1n) is 7.24. The van der Waals surface area contributed by atoms with Gasteiger partial charge in [-0.25, -0.2) is 4.57 Å². The predicted octanol–water partition coefficient (Wildman–Crippen LogP) is 3.44. The highest BCUT2D eigenvalue weighted by molar-refractivity contribution is 7.80. The molecule has 110 valence electrons. The molecule has 0 unspecified atom stereocenters. The maximum Gasteiger partial charge on any atom is 0.169 e. The van der Waals surface area contributed by atoms with E-state index in [0.717, 1.165) is 18.7 Å². The van der Waals surface area contributed by atoms with Gasteiger partial charge in [0.25, 0.3) is 0 Å². The van der Waals surface area contributed by atoms with E-state index >= 15 is 0 Å². The van der Waals surface area contributed by atoms with Crippen molar-refractivity contribution in [2.24, 2.45) is 7.05 Å². The summed E-state index contributed by atoms with van der Waals surface area (Å²) in [6.45, 7) is 1.04. The zero-order chi connectivity index (χ0) is 15.1. The molecule has 1 heterocycles. The summed E-state index contributed by atoms with van der Waals surface area (Å²) in [6, 6.07) is 12.9. The molecular weight excluding hydrogens is 276 g/mol. The van der Waals surface area contributed by atoms with Crippen LogP contribution in [0.3, 0.4) is 0 Å². The van der Waals surface area contributed by atoms with Crippen LogP contribution < -0.4 is 9.47 Å². The van der Waals surface area contributed by atoms with Gasteiger partial charge in [0, 0.05) is 31.4 Å². The van der Waals surface area contributed by atoms with Crippen molar-refractivity contribution < 1.29 is 4.57 Å². The van der Waals surface area contributed by atoms with Gasteiger partial charge in [-0.1, -0.05) is 24.3 Å². The summed E-state index contributed by atoms with van der Waals surface area (Å²) in [5, 5.41) is 0. The van der Waals surface area contributed by atoms with E-state index in [9.17, 15) is 0 Å². The van der Waals surface area contributed by atoms with Crippen LogP contribution in [0, 0.1) is 0 Å². The van der Waals surface area contributed by atoms with Gasteiger partial charge in [-0.2, -0.15) is 12.6 Å². The molecule has 1 aromatic heterocycles. The molecule has 0 aliphatic carbocycles. The Hall–Kier alpha value is -1.74. The number of hydrogen-bond donors (Lipinski definition) is 1. The van der Waals surface area contributed by atoms with Crippen LogP contribution in [0.5, 0.6) is 0 Å². The molecule has 0 fully saturated rings. The molecular formula is C18H23N2S+. The molecule has 0 aliphatic rings. The van der Waals surface area contributed by atoms with Crippen molar-refractivity contribution in [3.8, 4) is 0 Å². The molecule has 0 saturated heterocycles. The number of aryl methyl sites for hydroxylation is 1. The third-order valence-electron chi connectivity index (χ3n) is 3.46.